The molecule has 2 heterocycles. The van der Waals surface area contributed by atoms with E-state index in [1.807, 2.05) is 29.2 Å². The molecule has 1 saturated heterocycles. The Morgan fingerprint density at radius 3 is 2.59 bits per heavy atom. The minimum atomic E-state index is -4.44. The van der Waals surface area contributed by atoms with E-state index in [9.17, 15) is 18.0 Å². The molecular weight excluding hydrogens is 449 g/mol. The lowest BCUT2D eigenvalue weighted by Crippen LogP contribution is -2.48. The van der Waals surface area contributed by atoms with Crippen LogP contribution in [0.5, 0.6) is 5.75 Å². The molecule has 1 aliphatic heterocycles. The van der Waals surface area contributed by atoms with Crippen molar-refractivity contribution in [3.8, 4) is 17.1 Å². The lowest BCUT2D eigenvalue weighted by Gasteiger charge is -2.34. The zero-order chi connectivity index (χ0) is 24.1. The average Bonchev–Trinajstić information content (AvgIpc) is 3.31. The summed E-state index contributed by atoms with van der Waals surface area (Å²) in [5.41, 5.74) is 0.541. The molecule has 0 saturated carbocycles. The first-order valence-electron chi connectivity index (χ1n) is 10.9. The van der Waals surface area contributed by atoms with E-state index in [2.05, 4.69) is 15.0 Å². The van der Waals surface area contributed by atoms with Gasteiger partial charge in [-0.25, -0.2) is 0 Å². The molecule has 0 spiro atoms. The minimum absolute atomic E-state index is 0.104. The predicted molar refractivity (Wildman–Crippen MR) is 118 cm³/mol. The Labute approximate surface area is 195 Å². The predicted octanol–water partition coefficient (Wildman–Crippen LogP) is 4.04. The van der Waals surface area contributed by atoms with Crippen LogP contribution in [-0.2, 0) is 23.9 Å². The van der Waals surface area contributed by atoms with E-state index in [1.54, 1.807) is 7.11 Å². The van der Waals surface area contributed by atoms with E-state index in [0.717, 1.165) is 23.4 Å². The number of aryl methyl sites for hydroxylation is 1. The summed E-state index contributed by atoms with van der Waals surface area (Å²) in [7, 11) is 1.62. The maximum absolute atomic E-state index is 12.9. The maximum Gasteiger partial charge on any atom is 0.416 e. The van der Waals surface area contributed by atoms with Crippen LogP contribution in [0.3, 0.4) is 0 Å². The summed E-state index contributed by atoms with van der Waals surface area (Å²) in [5, 5.41) is 3.83. The number of alkyl halides is 3. The molecular formula is C24H25F3N4O3. The van der Waals surface area contributed by atoms with Crippen LogP contribution in [0.25, 0.3) is 11.4 Å². The van der Waals surface area contributed by atoms with Gasteiger partial charge in [0.2, 0.25) is 17.6 Å². The number of benzene rings is 2. The minimum Gasteiger partial charge on any atom is -0.497 e. The standard InChI is InChI=1S/C24H25F3N4O3/c1-33-20-7-2-4-17(14-20)8-9-22(32)31-12-10-30(11-13-31)16-21-28-23(29-34-21)18-5-3-6-19(15-18)24(25,26)27/h2-7,14-15H,8-13,16H2,1H3. The number of rotatable bonds is 7. The Kier molecular flexibility index (Phi) is 7.16. The molecule has 34 heavy (non-hydrogen) atoms. The Bertz CT molecular complexity index is 1120. The maximum atomic E-state index is 12.9. The lowest BCUT2D eigenvalue weighted by molar-refractivity contribution is -0.137. The van der Waals surface area contributed by atoms with Gasteiger partial charge in [0, 0.05) is 38.2 Å². The second-order valence-corrected chi connectivity index (χ2v) is 8.10. The number of amides is 1. The van der Waals surface area contributed by atoms with Crippen LogP contribution >= 0.6 is 0 Å². The van der Waals surface area contributed by atoms with Gasteiger partial charge < -0.3 is 14.2 Å². The summed E-state index contributed by atoms with van der Waals surface area (Å²) in [4.78, 5) is 20.8. The first kappa shape index (κ1) is 23.7. The van der Waals surface area contributed by atoms with Crippen LogP contribution in [0.1, 0.15) is 23.4 Å². The van der Waals surface area contributed by atoms with Gasteiger partial charge in [-0.3, -0.25) is 9.69 Å². The molecule has 0 unspecified atom stereocenters. The highest BCUT2D eigenvalue weighted by Crippen LogP contribution is 2.31. The fraction of sp³-hybridized carbons (Fsp3) is 0.375. The van der Waals surface area contributed by atoms with E-state index in [4.69, 9.17) is 9.26 Å². The van der Waals surface area contributed by atoms with E-state index in [0.29, 0.717) is 51.5 Å². The van der Waals surface area contributed by atoms with Crippen LogP contribution in [-0.4, -0.2) is 59.1 Å². The highest BCUT2D eigenvalue weighted by Gasteiger charge is 2.31. The van der Waals surface area contributed by atoms with Gasteiger partial charge in [0.05, 0.1) is 19.2 Å². The van der Waals surface area contributed by atoms with Gasteiger partial charge in [0.25, 0.3) is 0 Å². The number of ether oxygens (including phenoxy) is 1. The number of hydrogen-bond acceptors (Lipinski definition) is 6. The SMILES string of the molecule is COc1cccc(CCC(=O)N2CCN(Cc3nc(-c4cccc(C(F)(F)F)c4)no3)CC2)c1. The Balaban J connectivity index is 1.27. The zero-order valence-electron chi connectivity index (χ0n) is 18.7. The lowest BCUT2D eigenvalue weighted by atomic mass is 10.1. The molecule has 1 amide bonds. The smallest absolute Gasteiger partial charge is 0.416 e. The summed E-state index contributed by atoms with van der Waals surface area (Å²) in [5.74, 6) is 1.32. The third-order valence-electron chi connectivity index (χ3n) is 5.76. The third-order valence-corrected chi connectivity index (χ3v) is 5.76. The van der Waals surface area contributed by atoms with Crippen LogP contribution in [0.15, 0.2) is 53.1 Å². The van der Waals surface area contributed by atoms with E-state index in [-0.39, 0.29) is 17.3 Å². The molecule has 2 aromatic carbocycles. The molecule has 0 radical (unpaired) electrons. The molecule has 0 aliphatic carbocycles. The number of halogens is 3. The van der Waals surface area contributed by atoms with Crippen molar-refractivity contribution in [2.75, 3.05) is 33.3 Å². The molecule has 4 rings (SSSR count). The second-order valence-electron chi connectivity index (χ2n) is 8.10. The zero-order valence-corrected chi connectivity index (χ0v) is 18.7. The quantitative estimate of drug-likeness (QED) is 0.515. The molecule has 0 bridgehead atoms. The first-order chi connectivity index (χ1) is 16.3. The van der Waals surface area contributed by atoms with Gasteiger partial charge in [0.15, 0.2) is 0 Å². The van der Waals surface area contributed by atoms with E-state index in [1.165, 1.54) is 12.1 Å². The Morgan fingerprint density at radius 2 is 1.85 bits per heavy atom. The number of nitrogens with zero attached hydrogens (tertiary/aromatic N) is 4. The molecule has 1 fully saturated rings. The van der Waals surface area contributed by atoms with Gasteiger partial charge in [0.1, 0.15) is 5.75 Å². The Hall–Kier alpha value is -3.40. The van der Waals surface area contributed by atoms with Crippen molar-refractivity contribution in [2.24, 2.45) is 0 Å². The summed E-state index contributed by atoms with van der Waals surface area (Å²) in [6.07, 6.45) is -3.36. The van der Waals surface area contributed by atoms with Gasteiger partial charge >= 0.3 is 6.18 Å². The van der Waals surface area contributed by atoms with Crippen molar-refractivity contribution in [1.29, 1.82) is 0 Å². The molecule has 7 nitrogen and oxygen atoms in total. The molecule has 180 valence electrons. The summed E-state index contributed by atoms with van der Waals surface area (Å²) in [6.45, 7) is 2.84. The fourth-order valence-corrected chi connectivity index (χ4v) is 3.85. The van der Waals surface area contributed by atoms with Crippen molar-refractivity contribution in [3.05, 3.63) is 65.5 Å². The molecule has 10 heteroatoms. The average molecular weight is 474 g/mol. The van der Waals surface area contributed by atoms with Crippen LogP contribution in [0.2, 0.25) is 0 Å². The number of aromatic nitrogens is 2. The van der Waals surface area contributed by atoms with E-state index >= 15 is 0 Å². The largest absolute Gasteiger partial charge is 0.497 e. The highest BCUT2D eigenvalue weighted by atomic mass is 19.4. The normalized spacial score (nSPS) is 14.9. The third kappa shape index (κ3) is 5.93. The topological polar surface area (TPSA) is 71.7 Å². The monoisotopic (exact) mass is 474 g/mol. The van der Waals surface area contributed by atoms with Crippen molar-refractivity contribution < 1.29 is 27.2 Å². The number of methoxy groups -OCH3 is 1. The van der Waals surface area contributed by atoms with Gasteiger partial charge in [-0.1, -0.05) is 29.4 Å². The molecule has 0 atom stereocenters. The number of carbonyl (C=O) groups excluding carboxylic acids is 1. The molecule has 3 aromatic rings. The molecule has 1 aromatic heterocycles. The van der Waals surface area contributed by atoms with Crippen LogP contribution in [0.4, 0.5) is 13.2 Å². The number of hydrogen-bond donors (Lipinski definition) is 0. The summed E-state index contributed by atoms with van der Waals surface area (Å²) >= 11 is 0. The number of carbonyl (C=O) groups is 1. The fourth-order valence-electron chi connectivity index (χ4n) is 3.85. The first-order valence-corrected chi connectivity index (χ1v) is 10.9. The van der Waals surface area contributed by atoms with Crippen molar-refractivity contribution in [1.82, 2.24) is 19.9 Å². The second kappa shape index (κ2) is 10.3. The van der Waals surface area contributed by atoms with Crippen LogP contribution in [0, 0.1) is 0 Å². The van der Waals surface area contributed by atoms with Crippen LogP contribution < -0.4 is 4.74 Å². The van der Waals surface area contributed by atoms with Gasteiger partial charge in [-0.15, -0.1) is 0 Å². The van der Waals surface area contributed by atoms with E-state index < -0.39 is 11.7 Å². The van der Waals surface area contributed by atoms with Crippen molar-refractivity contribution >= 4 is 5.91 Å². The van der Waals surface area contributed by atoms with Gasteiger partial charge in [-0.2, -0.15) is 18.2 Å². The molecule has 1 aliphatic rings. The van der Waals surface area contributed by atoms with Crippen molar-refractivity contribution in [2.45, 2.75) is 25.6 Å². The molecule has 0 N–H and O–H groups in total. The number of piperazine rings is 1. The van der Waals surface area contributed by atoms with Gasteiger partial charge in [-0.05, 0) is 36.2 Å². The highest BCUT2D eigenvalue weighted by molar-refractivity contribution is 5.76. The summed E-state index contributed by atoms with van der Waals surface area (Å²) in [6, 6.07) is 12.5. The summed E-state index contributed by atoms with van der Waals surface area (Å²) < 4.78 is 49.3. The van der Waals surface area contributed by atoms with Crippen molar-refractivity contribution in [3.63, 3.8) is 0 Å². The Morgan fingerprint density at radius 1 is 1.09 bits per heavy atom.